The molecule has 0 aliphatic heterocycles. The Morgan fingerprint density at radius 2 is 1.96 bits per heavy atom. The molecular formula is C16H13N3O6. The van der Waals surface area contributed by atoms with Gasteiger partial charge in [-0.2, -0.15) is 0 Å². The van der Waals surface area contributed by atoms with Crippen molar-refractivity contribution >= 4 is 23.7 Å². The van der Waals surface area contributed by atoms with Gasteiger partial charge in [-0.25, -0.2) is 14.6 Å². The third-order valence-corrected chi connectivity index (χ3v) is 3.13. The molecule has 0 saturated heterocycles. The van der Waals surface area contributed by atoms with Gasteiger partial charge < -0.3 is 9.47 Å². The monoisotopic (exact) mass is 343 g/mol. The van der Waals surface area contributed by atoms with Crippen molar-refractivity contribution in [1.29, 1.82) is 0 Å². The van der Waals surface area contributed by atoms with E-state index < -0.39 is 16.9 Å². The molecule has 2 rings (SSSR count). The number of aromatic nitrogens is 2. The van der Waals surface area contributed by atoms with Gasteiger partial charge >= 0.3 is 11.9 Å². The molecule has 0 radical (unpaired) electrons. The minimum absolute atomic E-state index is 0.0311. The Hall–Kier alpha value is -3.62. The summed E-state index contributed by atoms with van der Waals surface area (Å²) in [5, 5.41) is 11.1. The van der Waals surface area contributed by atoms with Gasteiger partial charge in [-0.15, -0.1) is 0 Å². The lowest BCUT2D eigenvalue weighted by Gasteiger charge is -2.05. The van der Waals surface area contributed by atoms with Crippen molar-refractivity contribution in [2.24, 2.45) is 0 Å². The molecule has 0 aliphatic rings. The highest BCUT2D eigenvalue weighted by atomic mass is 16.6. The number of pyridine rings is 2. The van der Waals surface area contributed by atoms with Crippen molar-refractivity contribution < 1.29 is 24.0 Å². The highest BCUT2D eigenvalue weighted by molar-refractivity contribution is 5.90. The maximum absolute atomic E-state index is 11.6. The molecule has 2 heterocycles. The van der Waals surface area contributed by atoms with Crippen LogP contribution >= 0.6 is 0 Å². The molecule has 0 aromatic carbocycles. The lowest BCUT2D eigenvalue weighted by molar-refractivity contribution is -0.385. The van der Waals surface area contributed by atoms with E-state index in [4.69, 9.17) is 0 Å². The Morgan fingerprint density at radius 3 is 2.60 bits per heavy atom. The number of carbonyl (C=O) groups excluding carboxylic acids is 2. The molecule has 128 valence electrons. The van der Waals surface area contributed by atoms with Gasteiger partial charge in [0.2, 0.25) is 0 Å². The number of rotatable bonds is 5. The predicted molar refractivity (Wildman–Crippen MR) is 86.5 cm³/mol. The van der Waals surface area contributed by atoms with Crippen LogP contribution in [0, 0.1) is 10.1 Å². The predicted octanol–water partition coefficient (Wildman–Crippen LogP) is 2.02. The van der Waals surface area contributed by atoms with E-state index in [2.05, 4.69) is 19.4 Å². The minimum Gasteiger partial charge on any atom is -0.466 e. The third kappa shape index (κ3) is 4.22. The topological polar surface area (TPSA) is 122 Å². The van der Waals surface area contributed by atoms with Crippen molar-refractivity contribution in [2.75, 3.05) is 14.2 Å². The van der Waals surface area contributed by atoms with E-state index in [1.54, 1.807) is 0 Å². The average molecular weight is 343 g/mol. The van der Waals surface area contributed by atoms with E-state index in [0.717, 1.165) is 6.08 Å². The average Bonchev–Trinajstić information content (AvgIpc) is 2.65. The first-order valence-corrected chi connectivity index (χ1v) is 6.91. The molecule has 2 aromatic heterocycles. The molecule has 0 unspecified atom stereocenters. The van der Waals surface area contributed by atoms with Gasteiger partial charge in [0.1, 0.15) is 5.69 Å². The third-order valence-electron chi connectivity index (χ3n) is 3.13. The van der Waals surface area contributed by atoms with Crippen LogP contribution in [0.3, 0.4) is 0 Å². The van der Waals surface area contributed by atoms with Crippen LogP contribution in [0.1, 0.15) is 16.1 Å². The maximum Gasteiger partial charge on any atom is 0.339 e. The molecule has 0 atom stereocenters. The zero-order valence-corrected chi connectivity index (χ0v) is 13.3. The van der Waals surface area contributed by atoms with E-state index in [1.807, 2.05) is 0 Å². The van der Waals surface area contributed by atoms with E-state index in [9.17, 15) is 19.7 Å². The molecule has 0 spiro atoms. The quantitative estimate of drug-likeness (QED) is 0.350. The fraction of sp³-hybridized carbons (Fsp3) is 0.125. The van der Waals surface area contributed by atoms with Crippen molar-refractivity contribution in [3.05, 3.63) is 58.0 Å². The highest BCUT2D eigenvalue weighted by Crippen LogP contribution is 2.24. The van der Waals surface area contributed by atoms with E-state index >= 15 is 0 Å². The van der Waals surface area contributed by atoms with Gasteiger partial charge in [0, 0.05) is 30.1 Å². The number of carbonyl (C=O) groups is 2. The summed E-state index contributed by atoms with van der Waals surface area (Å²) in [7, 11) is 2.43. The van der Waals surface area contributed by atoms with E-state index in [0.29, 0.717) is 11.3 Å². The number of methoxy groups -OCH3 is 2. The summed E-state index contributed by atoms with van der Waals surface area (Å²) in [6.07, 6.45) is 5.00. The van der Waals surface area contributed by atoms with Crippen LogP contribution in [0.15, 0.2) is 36.7 Å². The summed E-state index contributed by atoms with van der Waals surface area (Å²) < 4.78 is 9.08. The Kier molecular flexibility index (Phi) is 5.51. The van der Waals surface area contributed by atoms with Crippen LogP contribution in [0.5, 0.6) is 0 Å². The van der Waals surface area contributed by atoms with Crippen LogP contribution in [-0.2, 0) is 14.3 Å². The van der Waals surface area contributed by atoms with Gasteiger partial charge in [-0.3, -0.25) is 15.1 Å². The molecule has 9 nitrogen and oxygen atoms in total. The minimum atomic E-state index is -0.671. The maximum atomic E-state index is 11.6. The summed E-state index contributed by atoms with van der Waals surface area (Å²) in [5.41, 5.74) is 0.711. The Morgan fingerprint density at radius 1 is 1.20 bits per heavy atom. The molecule has 0 amide bonds. The van der Waals surface area contributed by atoms with Crippen LogP contribution in [0.25, 0.3) is 17.3 Å². The molecule has 0 fully saturated rings. The van der Waals surface area contributed by atoms with Gasteiger partial charge in [-0.05, 0) is 18.2 Å². The van der Waals surface area contributed by atoms with E-state index in [1.165, 1.54) is 50.9 Å². The lowest BCUT2D eigenvalue weighted by Crippen LogP contribution is -2.02. The molecule has 2 aromatic rings. The van der Waals surface area contributed by atoms with Gasteiger partial charge in [0.15, 0.2) is 0 Å². The number of nitrogens with zero attached hydrogens (tertiary/aromatic N) is 3. The van der Waals surface area contributed by atoms with Crippen LogP contribution < -0.4 is 0 Å². The van der Waals surface area contributed by atoms with Gasteiger partial charge in [-0.1, -0.05) is 0 Å². The van der Waals surface area contributed by atoms with Gasteiger partial charge in [0.25, 0.3) is 5.69 Å². The summed E-state index contributed by atoms with van der Waals surface area (Å²) >= 11 is 0. The Balaban J connectivity index is 2.49. The number of ether oxygens (including phenoxy) is 2. The standard InChI is InChI=1S/C16H13N3O6/c1-24-15(20)6-4-13-14(19(22)23)5-3-12(18-13)10-7-11(9-17-8-10)16(21)25-2/h3-9H,1-2H3/b6-4+. The Bertz CT molecular complexity index is 863. The summed E-state index contributed by atoms with van der Waals surface area (Å²) in [6.45, 7) is 0. The fourth-order valence-electron chi connectivity index (χ4n) is 1.93. The summed E-state index contributed by atoms with van der Waals surface area (Å²) in [5.74, 6) is -1.24. The van der Waals surface area contributed by atoms with Crippen LogP contribution in [0.4, 0.5) is 5.69 Å². The Labute approximate surface area is 142 Å². The molecule has 0 N–H and O–H groups in total. The molecule has 0 saturated carbocycles. The molecule has 25 heavy (non-hydrogen) atoms. The summed E-state index contributed by atoms with van der Waals surface area (Å²) in [6, 6.07) is 4.18. The number of hydrogen-bond acceptors (Lipinski definition) is 8. The first-order valence-electron chi connectivity index (χ1n) is 6.91. The zero-order chi connectivity index (χ0) is 18.4. The molecule has 0 aliphatic carbocycles. The van der Waals surface area contributed by atoms with Gasteiger partial charge in [0.05, 0.1) is 30.4 Å². The first kappa shape index (κ1) is 17.7. The number of hydrogen-bond donors (Lipinski definition) is 0. The SMILES string of the molecule is COC(=O)/C=C/c1nc(-c2cncc(C(=O)OC)c2)ccc1[N+](=O)[O-]. The largest absolute Gasteiger partial charge is 0.466 e. The van der Waals surface area contributed by atoms with Crippen molar-refractivity contribution in [3.8, 4) is 11.3 Å². The van der Waals surface area contributed by atoms with Crippen LogP contribution in [0.2, 0.25) is 0 Å². The van der Waals surface area contributed by atoms with Crippen molar-refractivity contribution in [3.63, 3.8) is 0 Å². The normalized spacial score (nSPS) is 10.5. The summed E-state index contributed by atoms with van der Waals surface area (Å²) in [4.78, 5) is 41.4. The number of nitro groups is 1. The van der Waals surface area contributed by atoms with E-state index in [-0.39, 0.29) is 16.9 Å². The lowest BCUT2D eigenvalue weighted by atomic mass is 10.1. The second-order valence-corrected chi connectivity index (χ2v) is 4.67. The second kappa shape index (κ2) is 7.77. The molecular weight excluding hydrogens is 330 g/mol. The fourth-order valence-corrected chi connectivity index (χ4v) is 1.93. The van der Waals surface area contributed by atoms with Crippen molar-refractivity contribution in [1.82, 2.24) is 9.97 Å². The smallest absolute Gasteiger partial charge is 0.339 e. The first-order chi connectivity index (χ1) is 12.0. The molecule has 0 bridgehead atoms. The zero-order valence-electron chi connectivity index (χ0n) is 13.3. The molecule has 9 heteroatoms. The highest BCUT2D eigenvalue weighted by Gasteiger charge is 2.16. The number of esters is 2. The van der Waals surface area contributed by atoms with Crippen molar-refractivity contribution in [2.45, 2.75) is 0 Å². The van der Waals surface area contributed by atoms with Crippen LogP contribution in [-0.4, -0.2) is 41.0 Å². The second-order valence-electron chi connectivity index (χ2n) is 4.67.